The Labute approximate surface area is 155 Å². The average Bonchev–Trinajstić information content (AvgIpc) is 3.03. The zero-order valence-electron chi connectivity index (χ0n) is 14.9. The van der Waals surface area contributed by atoms with E-state index in [0.717, 1.165) is 0 Å². The summed E-state index contributed by atoms with van der Waals surface area (Å²) in [5.74, 6) is -0.551. The van der Waals surface area contributed by atoms with Gasteiger partial charge in [0.2, 0.25) is 0 Å². The molecule has 2 aromatic rings. The van der Waals surface area contributed by atoms with E-state index < -0.39 is 11.6 Å². The molecule has 0 spiro atoms. The van der Waals surface area contributed by atoms with Crippen LogP contribution in [-0.2, 0) is 4.74 Å². The number of pyridine rings is 1. The minimum absolute atomic E-state index is 0.103. The lowest BCUT2D eigenvalue weighted by atomic mass is 10.2. The van der Waals surface area contributed by atoms with E-state index in [-0.39, 0.29) is 11.7 Å². The van der Waals surface area contributed by atoms with E-state index in [9.17, 15) is 14.7 Å². The first kappa shape index (κ1) is 18.3. The number of piperazine rings is 1. The molecule has 3 rings (SSSR count). The van der Waals surface area contributed by atoms with E-state index >= 15 is 0 Å². The normalized spacial score (nSPS) is 15.4. The minimum Gasteiger partial charge on any atom is -0.478 e. The molecule has 0 unspecified atom stereocenters. The number of fused-ring (bicyclic) bond motifs is 1. The third-order valence-electron chi connectivity index (χ3n) is 4.08. The van der Waals surface area contributed by atoms with E-state index in [0.29, 0.717) is 42.5 Å². The molecule has 2 aromatic heterocycles. The molecular weight excluding hydrogens is 360 g/mol. The number of aromatic carboxylic acids is 1. The number of carbonyl (C=O) groups excluding carboxylic acids is 1. The summed E-state index contributed by atoms with van der Waals surface area (Å²) in [6.07, 6.45) is 2.77. The van der Waals surface area contributed by atoms with Crippen LogP contribution in [0.25, 0.3) is 5.52 Å². The van der Waals surface area contributed by atoms with Crippen molar-refractivity contribution in [3.05, 3.63) is 29.2 Å². The Morgan fingerprint density at radius 3 is 2.46 bits per heavy atom. The topological polar surface area (TPSA) is 87.4 Å². The average molecular weight is 381 g/mol. The quantitative estimate of drug-likeness (QED) is 0.861. The standard InChI is InChI=1S/C17H21ClN4O4/c1-17(2,3)26-16(25)21-6-4-20(5-7-21)14-11(15(23)24)8-12(18)13-9-19-10-22(13)14/h8-10H,4-7H2,1-3H3,(H,23,24). The molecule has 1 aliphatic rings. The number of ether oxygens (including phenoxy) is 1. The Morgan fingerprint density at radius 1 is 1.23 bits per heavy atom. The van der Waals surface area contributed by atoms with Gasteiger partial charge in [0.15, 0.2) is 0 Å². The molecule has 1 amide bonds. The number of imidazole rings is 1. The third kappa shape index (κ3) is 3.55. The number of hydrogen-bond donors (Lipinski definition) is 1. The van der Waals surface area contributed by atoms with Gasteiger partial charge in [-0.3, -0.25) is 4.40 Å². The van der Waals surface area contributed by atoms with Gasteiger partial charge in [0.25, 0.3) is 0 Å². The Balaban J connectivity index is 1.85. The van der Waals surface area contributed by atoms with Crippen molar-refractivity contribution in [2.24, 2.45) is 0 Å². The highest BCUT2D eigenvalue weighted by molar-refractivity contribution is 6.34. The minimum atomic E-state index is -1.06. The molecule has 3 heterocycles. The summed E-state index contributed by atoms with van der Waals surface area (Å²) in [6, 6.07) is 1.44. The van der Waals surface area contributed by atoms with Gasteiger partial charge in [-0.25, -0.2) is 14.6 Å². The summed E-state index contributed by atoms with van der Waals surface area (Å²) in [5.41, 5.74) is 0.191. The van der Waals surface area contributed by atoms with Gasteiger partial charge >= 0.3 is 12.1 Å². The summed E-state index contributed by atoms with van der Waals surface area (Å²) in [7, 11) is 0. The largest absolute Gasteiger partial charge is 0.478 e. The highest BCUT2D eigenvalue weighted by Crippen LogP contribution is 2.29. The fourth-order valence-corrected chi connectivity index (χ4v) is 3.19. The molecule has 0 radical (unpaired) electrons. The fraction of sp³-hybridized carbons (Fsp3) is 0.471. The van der Waals surface area contributed by atoms with Crippen molar-refractivity contribution < 1.29 is 19.4 Å². The maximum atomic E-state index is 12.2. The number of hydrogen-bond acceptors (Lipinski definition) is 5. The van der Waals surface area contributed by atoms with Crippen molar-refractivity contribution >= 4 is 35.0 Å². The van der Waals surface area contributed by atoms with Crippen molar-refractivity contribution in [1.82, 2.24) is 14.3 Å². The van der Waals surface area contributed by atoms with Gasteiger partial charge in [-0.15, -0.1) is 0 Å². The molecule has 1 aliphatic heterocycles. The highest BCUT2D eigenvalue weighted by Gasteiger charge is 2.29. The summed E-state index contributed by atoms with van der Waals surface area (Å²) in [4.78, 5) is 31.5. The first-order valence-corrected chi connectivity index (χ1v) is 8.66. The number of carbonyl (C=O) groups is 2. The third-order valence-corrected chi connectivity index (χ3v) is 4.39. The Morgan fingerprint density at radius 2 is 1.88 bits per heavy atom. The highest BCUT2D eigenvalue weighted by atomic mass is 35.5. The van der Waals surface area contributed by atoms with Gasteiger partial charge in [-0.2, -0.15) is 0 Å². The molecule has 1 N–H and O–H groups in total. The summed E-state index contributed by atoms with van der Waals surface area (Å²) in [6.45, 7) is 7.31. The lowest BCUT2D eigenvalue weighted by Gasteiger charge is -2.37. The number of halogens is 1. The molecule has 1 fully saturated rings. The van der Waals surface area contributed by atoms with Crippen LogP contribution in [0.3, 0.4) is 0 Å². The molecule has 1 saturated heterocycles. The van der Waals surface area contributed by atoms with Crippen molar-refractivity contribution in [3.8, 4) is 0 Å². The lowest BCUT2D eigenvalue weighted by molar-refractivity contribution is 0.0239. The lowest BCUT2D eigenvalue weighted by Crippen LogP contribution is -2.50. The molecule has 0 atom stereocenters. The number of amides is 1. The predicted octanol–water partition coefficient (Wildman–Crippen LogP) is 2.74. The van der Waals surface area contributed by atoms with Crippen molar-refractivity contribution in [1.29, 1.82) is 0 Å². The number of anilines is 1. The molecule has 9 heteroatoms. The Hall–Kier alpha value is -2.48. The smallest absolute Gasteiger partial charge is 0.410 e. The Kier molecular flexibility index (Phi) is 4.70. The molecule has 0 bridgehead atoms. The fourth-order valence-electron chi connectivity index (χ4n) is 2.94. The van der Waals surface area contributed by atoms with Crippen LogP contribution >= 0.6 is 11.6 Å². The van der Waals surface area contributed by atoms with E-state index in [1.54, 1.807) is 21.8 Å². The van der Waals surface area contributed by atoms with Crippen molar-refractivity contribution in [3.63, 3.8) is 0 Å². The monoisotopic (exact) mass is 380 g/mol. The van der Waals surface area contributed by atoms with Crippen LogP contribution in [0, 0.1) is 0 Å². The van der Waals surface area contributed by atoms with Crippen LogP contribution in [0.5, 0.6) is 0 Å². The SMILES string of the molecule is CC(C)(C)OC(=O)N1CCN(c2c(C(=O)O)cc(Cl)c3cncn23)CC1. The predicted molar refractivity (Wildman–Crippen MR) is 97.2 cm³/mol. The van der Waals surface area contributed by atoms with E-state index in [2.05, 4.69) is 4.98 Å². The number of carboxylic acids is 1. The maximum Gasteiger partial charge on any atom is 0.410 e. The molecule has 0 saturated carbocycles. The molecular formula is C17H21ClN4O4. The van der Waals surface area contributed by atoms with Gasteiger partial charge in [-0.1, -0.05) is 11.6 Å². The van der Waals surface area contributed by atoms with Crippen LogP contribution in [-0.4, -0.2) is 63.2 Å². The number of nitrogens with zero attached hydrogens (tertiary/aromatic N) is 4. The second kappa shape index (κ2) is 6.68. The van der Waals surface area contributed by atoms with Crippen LogP contribution < -0.4 is 4.90 Å². The molecule has 140 valence electrons. The van der Waals surface area contributed by atoms with Crippen molar-refractivity contribution in [2.75, 3.05) is 31.1 Å². The first-order valence-electron chi connectivity index (χ1n) is 8.28. The van der Waals surface area contributed by atoms with Crippen molar-refractivity contribution in [2.45, 2.75) is 26.4 Å². The summed E-state index contributed by atoms with van der Waals surface area (Å²) < 4.78 is 7.07. The molecule has 8 nitrogen and oxygen atoms in total. The van der Waals surface area contributed by atoms with Crippen LogP contribution in [0.2, 0.25) is 5.02 Å². The number of aromatic nitrogens is 2. The first-order chi connectivity index (χ1) is 12.2. The van der Waals surface area contributed by atoms with Gasteiger partial charge in [0.1, 0.15) is 23.3 Å². The van der Waals surface area contributed by atoms with Gasteiger partial charge in [-0.05, 0) is 26.8 Å². The second-order valence-corrected chi connectivity index (χ2v) is 7.55. The van der Waals surface area contributed by atoms with Gasteiger partial charge in [0.05, 0.1) is 16.7 Å². The zero-order chi connectivity index (χ0) is 19.1. The van der Waals surface area contributed by atoms with E-state index in [1.165, 1.54) is 6.07 Å². The van der Waals surface area contributed by atoms with Crippen LogP contribution in [0.15, 0.2) is 18.6 Å². The zero-order valence-corrected chi connectivity index (χ0v) is 15.7. The van der Waals surface area contributed by atoms with E-state index in [1.807, 2.05) is 25.7 Å². The summed E-state index contributed by atoms with van der Waals surface area (Å²) in [5, 5.41) is 9.91. The molecule has 26 heavy (non-hydrogen) atoms. The van der Waals surface area contributed by atoms with Gasteiger partial charge < -0.3 is 19.6 Å². The molecule has 0 aliphatic carbocycles. The summed E-state index contributed by atoms with van der Waals surface area (Å²) >= 11 is 6.17. The number of rotatable bonds is 2. The van der Waals surface area contributed by atoms with Gasteiger partial charge in [0, 0.05) is 26.2 Å². The van der Waals surface area contributed by atoms with Crippen LogP contribution in [0.1, 0.15) is 31.1 Å². The Bertz CT molecular complexity index is 850. The maximum absolute atomic E-state index is 12.2. The van der Waals surface area contributed by atoms with Crippen LogP contribution in [0.4, 0.5) is 10.6 Å². The van der Waals surface area contributed by atoms with E-state index in [4.69, 9.17) is 16.3 Å². The second-order valence-electron chi connectivity index (χ2n) is 7.14. The molecule has 0 aromatic carbocycles. The number of carboxylic acid groups (broad SMARTS) is 1.